The standard InChI is InChI=1S/C20H18ClN3O3S/c1-20(2,3)13-6-4-12(5-7-13)16-11-28-19(22-16)23-18(25)15-10-14(21)8-9-17(15)24(26)27/h4-11H,1-3H3,(H,22,23,25). The molecule has 2 aromatic carbocycles. The lowest BCUT2D eigenvalue weighted by molar-refractivity contribution is -0.385. The molecule has 28 heavy (non-hydrogen) atoms. The lowest BCUT2D eigenvalue weighted by Crippen LogP contribution is -2.13. The molecule has 1 heterocycles. The Morgan fingerprint density at radius 3 is 2.46 bits per heavy atom. The van der Waals surface area contributed by atoms with E-state index >= 15 is 0 Å². The first kappa shape index (κ1) is 20.0. The Hall–Kier alpha value is -2.77. The number of hydrogen-bond acceptors (Lipinski definition) is 5. The number of aromatic nitrogens is 1. The zero-order valence-electron chi connectivity index (χ0n) is 15.5. The fraction of sp³-hybridized carbons (Fsp3) is 0.200. The molecule has 0 aliphatic rings. The van der Waals surface area contributed by atoms with Gasteiger partial charge in [0.1, 0.15) is 5.56 Å². The molecule has 3 aromatic rings. The second-order valence-electron chi connectivity index (χ2n) is 7.24. The second kappa shape index (κ2) is 7.69. The van der Waals surface area contributed by atoms with Crippen molar-refractivity contribution in [3.63, 3.8) is 0 Å². The van der Waals surface area contributed by atoms with Gasteiger partial charge in [-0.15, -0.1) is 11.3 Å². The van der Waals surface area contributed by atoms with E-state index in [2.05, 4.69) is 43.2 Å². The van der Waals surface area contributed by atoms with E-state index in [0.29, 0.717) is 5.13 Å². The van der Waals surface area contributed by atoms with Gasteiger partial charge in [0.25, 0.3) is 11.6 Å². The number of anilines is 1. The summed E-state index contributed by atoms with van der Waals surface area (Å²) in [6.07, 6.45) is 0. The highest BCUT2D eigenvalue weighted by atomic mass is 35.5. The summed E-state index contributed by atoms with van der Waals surface area (Å²) < 4.78 is 0. The highest BCUT2D eigenvalue weighted by Gasteiger charge is 2.21. The van der Waals surface area contributed by atoms with E-state index in [4.69, 9.17) is 11.6 Å². The number of nitrogens with one attached hydrogen (secondary N) is 1. The summed E-state index contributed by atoms with van der Waals surface area (Å²) in [7, 11) is 0. The van der Waals surface area contributed by atoms with Crippen molar-refractivity contribution < 1.29 is 9.72 Å². The third-order valence-electron chi connectivity index (χ3n) is 4.17. The van der Waals surface area contributed by atoms with Crippen molar-refractivity contribution in [2.45, 2.75) is 26.2 Å². The third-order valence-corrected chi connectivity index (χ3v) is 5.16. The van der Waals surface area contributed by atoms with E-state index in [-0.39, 0.29) is 21.7 Å². The van der Waals surface area contributed by atoms with E-state index in [1.807, 2.05) is 17.5 Å². The van der Waals surface area contributed by atoms with Crippen LogP contribution in [-0.4, -0.2) is 15.8 Å². The van der Waals surface area contributed by atoms with Crippen molar-refractivity contribution in [1.82, 2.24) is 4.98 Å². The number of carbonyl (C=O) groups excluding carboxylic acids is 1. The summed E-state index contributed by atoms with van der Waals surface area (Å²) in [5, 5.41) is 16.2. The van der Waals surface area contributed by atoms with Crippen LogP contribution in [-0.2, 0) is 5.41 Å². The van der Waals surface area contributed by atoms with Crippen LogP contribution in [0.2, 0.25) is 5.02 Å². The topological polar surface area (TPSA) is 85.1 Å². The highest BCUT2D eigenvalue weighted by molar-refractivity contribution is 7.14. The zero-order valence-corrected chi connectivity index (χ0v) is 17.1. The average molecular weight is 416 g/mol. The predicted octanol–water partition coefficient (Wildman–Crippen LogP) is 5.92. The maximum absolute atomic E-state index is 12.5. The number of nitro benzene ring substituents is 1. The van der Waals surface area contributed by atoms with Crippen LogP contribution in [0.3, 0.4) is 0 Å². The van der Waals surface area contributed by atoms with Gasteiger partial charge in [-0.3, -0.25) is 20.2 Å². The number of benzene rings is 2. The van der Waals surface area contributed by atoms with Crippen molar-refractivity contribution in [3.8, 4) is 11.3 Å². The van der Waals surface area contributed by atoms with E-state index in [1.54, 1.807) is 0 Å². The van der Waals surface area contributed by atoms with Crippen molar-refractivity contribution in [2.24, 2.45) is 0 Å². The van der Waals surface area contributed by atoms with Crippen LogP contribution in [0.4, 0.5) is 10.8 Å². The largest absolute Gasteiger partial charge is 0.298 e. The lowest BCUT2D eigenvalue weighted by Gasteiger charge is -2.18. The van der Waals surface area contributed by atoms with Gasteiger partial charge >= 0.3 is 0 Å². The molecule has 0 unspecified atom stereocenters. The van der Waals surface area contributed by atoms with Crippen LogP contribution >= 0.6 is 22.9 Å². The van der Waals surface area contributed by atoms with E-state index < -0.39 is 10.8 Å². The average Bonchev–Trinajstić information content (AvgIpc) is 3.09. The van der Waals surface area contributed by atoms with Crippen LogP contribution in [0.25, 0.3) is 11.3 Å². The lowest BCUT2D eigenvalue weighted by atomic mass is 9.86. The summed E-state index contributed by atoms with van der Waals surface area (Å²) in [5.41, 5.74) is 2.51. The van der Waals surface area contributed by atoms with Gasteiger partial charge in [-0.25, -0.2) is 4.98 Å². The smallest absolute Gasteiger partial charge is 0.282 e. The van der Waals surface area contributed by atoms with Gasteiger partial charge in [-0.05, 0) is 23.1 Å². The number of thiazole rings is 1. The molecule has 0 radical (unpaired) electrons. The Bertz CT molecular complexity index is 1040. The third kappa shape index (κ3) is 4.37. The first-order valence-electron chi connectivity index (χ1n) is 8.47. The normalized spacial score (nSPS) is 11.3. The molecule has 0 aliphatic carbocycles. The fourth-order valence-corrected chi connectivity index (χ4v) is 3.51. The highest BCUT2D eigenvalue weighted by Crippen LogP contribution is 2.29. The Morgan fingerprint density at radius 2 is 1.86 bits per heavy atom. The monoisotopic (exact) mass is 415 g/mol. The quantitative estimate of drug-likeness (QED) is 0.423. The molecular formula is C20H18ClN3O3S. The number of amides is 1. The first-order valence-corrected chi connectivity index (χ1v) is 9.72. The first-order chi connectivity index (χ1) is 13.1. The molecule has 0 saturated heterocycles. The molecule has 1 amide bonds. The summed E-state index contributed by atoms with van der Waals surface area (Å²) >= 11 is 7.13. The Kier molecular flexibility index (Phi) is 5.49. The maximum Gasteiger partial charge on any atom is 0.282 e. The molecule has 0 atom stereocenters. The SMILES string of the molecule is CC(C)(C)c1ccc(-c2csc(NC(=O)c3cc(Cl)ccc3[N+](=O)[O-])n2)cc1. The van der Waals surface area contributed by atoms with E-state index in [0.717, 1.165) is 11.3 Å². The minimum atomic E-state index is -0.627. The summed E-state index contributed by atoms with van der Waals surface area (Å²) in [6, 6.07) is 12.0. The van der Waals surface area contributed by atoms with Crippen LogP contribution in [0.5, 0.6) is 0 Å². The van der Waals surface area contributed by atoms with E-state index in [9.17, 15) is 14.9 Å². The van der Waals surface area contributed by atoms with Crippen LogP contribution < -0.4 is 5.32 Å². The number of carbonyl (C=O) groups is 1. The number of nitrogens with zero attached hydrogens (tertiary/aromatic N) is 2. The Morgan fingerprint density at radius 1 is 1.18 bits per heavy atom. The van der Waals surface area contributed by atoms with Crippen molar-refractivity contribution in [3.05, 3.63) is 74.1 Å². The maximum atomic E-state index is 12.5. The van der Waals surface area contributed by atoms with Gasteiger partial charge in [0, 0.05) is 22.0 Å². The van der Waals surface area contributed by atoms with Crippen molar-refractivity contribution >= 4 is 39.7 Å². The molecule has 0 aliphatic heterocycles. The van der Waals surface area contributed by atoms with Gasteiger partial charge in [0.15, 0.2) is 5.13 Å². The summed E-state index contributed by atoms with van der Waals surface area (Å²) in [4.78, 5) is 27.4. The molecule has 144 valence electrons. The van der Waals surface area contributed by atoms with Crippen LogP contribution in [0, 0.1) is 10.1 Å². The van der Waals surface area contributed by atoms with Crippen molar-refractivity contribution in [2.75, 3.05) is 5.32 Å². The predicted molar refractivity (Wildman–Crippen MR) is 112 cm³/mol. The van der Waals surface area contributed by atoms with Gasteiger partial charge in [0.2, 0.25) is 0 Å². The Balaban J connectivity index is 1.81. The number of hydrogen-bond donors (Lipinski definition) is 1. The molecule has 0 spiro atoms. The molecular weight excluding hydrogens is 398 g/mol. The van der Waals surface area contributed by atoms with Crippen LogP contribution in [0.15, 0.2) is 47.8 Å². The molecule has 0 bridgehead atoms. The molecule has 0 saturated carbocycles. The number of nitro groups is 1. The second-order valence-corrected chi connectivity index (χ2v) is 8.53. The minimum absolute atomic E-state index is 0.0609. The van der Waals surface area contributed by atoms with E-state index in [1.165, 1.54) is 35.1 Å². The number of halogens is 1. The summed E-state index contributed by atoms with van der Waals surface area (Å²) in [6.45, 7) is 6.44. The van der Waals surface area contributed by atoms with Gasteiger partial charge in [0.05, 0.1) is 10.6 Å². The molecule has 6 nitrogen and oxygen atoms in total. The van der Waals surface area contributed by atoms with Gasteiger partial charge in [-0.1, -0.05) is 56.6 Å². The molecule has 0 fully saturated rings. The fourth-order valence-electron chi connectivity index (χ4n) is 2.62. The molecule has 1 aromatic heterocycles. The van der Waals surface area contributed by atoms with Crippen LogP contribution in [0.1, 0.15) is 36.7 Å². The van der Waals surface area contributed by atoms with Gasteiger partial charge < -0.3 is 0 Å². The molecule has 3 rings (SSSR count). The molecule has 8 heteroatoms. The van der Waals surface area contributed by atoms with Gasteiger partial charge in [-0.2, -0.15) is 0 Å². The number of rotatable bonds is 4. The summed E-state index contributed by atoms with van der Waals surface area (Å²) in [5.74, 6) is -0.627. The van der Waals surface area contributed by atoms with Crippen molar-refractivity contribution in [1.29, 1.82) is 0 Å². The molecule has 1 N–H and O–H groups in total. The Labute approximate surface area is 171 Å². The zero-order chi connectivity index (χ0) is 20.5. The minimum Gasteiger partial charge on any atom is -0.298 e.